The van der Waals surface area contributed by atoms with E-state index in [1.165, 1.54) is 23.9 Å². The van der Waals surface area contributed by atoms with Gasteiger partial charge in [0.15, 0.2) is 0 Å². The Morgan fingerprint density at radius 1 is 1.22 bits per heavy atom. The number of amides is 1. The van der Waals surface area contributed by atoms with Crippen molar-refractivity contribution < 1.29 is 13.9 Å². The van der Waals surface area contributed by atoms with Gasteiger partial charge in [-0.05, 0) is 59.3 Å². The first-order valence-electron chi connectivity index (χ1n) is 8.18. The lowest BCUT2D eigenvalue weighted by Gasteiger charge is -2.12. The van der Waals surface area contributed by atoms with Gasteiger partial charge in [0, 0.05) is 6.54 Å². The first kappa shape index (κ1) is 18.8. The number of thioether (sulfide) groups is 1. The van der Waals surface area contributed by atoms with Crippen LogP contribution in [0.2, 0.25) is 0 Å². The number of tetrazole rings is 1. The summed E-state index contributed by atoms with van der Waals surface area (Å²) in [6.45, 7) is 2.10. The number of benzene rings is 2. The lowest BCUT2D eigenvalue weighted by atomic mass is 10.2. The van der Waals surface area contributed by atoms with Crippen LogP contribution < -0.4 is 10.1 Å². The molecule has 0 aliphatic carbocycles. The van der Waals surface area contributed by atoms with Gasteiger partial charge >= 0.3 is 0 Å². The minimum absolute atomic E-state index is 0.159. The molecule has 1 atom stereocenters. The molecule has 1 amide bonds. The Morgan fingerprint density at radius 2 is 1.93 bits per heavy atom. The average Bonchev–Trinajstić information content (AvgIpc) is 3.15. The highest BCUT2D eigenvalue weighted by Crippen LogP contribution is 2.24. The molecule has 9 heteroatoms. The van der Waals surface area contributed by atoms with Crippen molar-refractivity contribution in [3.05, 3.63) is 59.9 Å². The van der Waals surface area contributed by atoms with E-state index in [2.05, 4.69) is 20.8 Å². The molecule has 1 unspecified atom stereocenters. The van der Waals surface area contributed by atoms with Crippen LogP contribution in [0, 0.1) is 5.82 Å². The van der Waals surface area contributed by atoms with E-state index in [0.717, 1.165) is 17.0 Å². The minimum Gasteiger partial charge on any atom is -0.497 e. The summed E-state index contributed by atoms with van der Waals surface area (Å²) in [7, 11) is 1.60. The van der Waals surface area contributed by atoms with Gasteiger partial charge < -0.3 is 10.1 Å². The Labute approximate surface area is 159 Å². The maximum absolute atomic E-state index is 12.9. The number of carbonyl (C=O) groups is 1. The molecule has 0 bridgehead atoms. The SMILES string of the molecule is COc1ccc(-n2nnnc2SC(C)C(=O)NCc2ccc(F)cc2)cc1. The molecule has 3 rings (SSSR count). The fraction of sp³-hybridized carbons (Fsp3) is 0.222. The second-order valence-electron chi connectivity index (χ2n) is 5.68. The van der Waals surface area contributed by atoms with Crippen LogP contribution in [-0.4, -0.2) is 38.5 Å². The number of methoxy groups -OCH3 is 1. The van der Waals surface area contributed by atoms with Crippen LogP contribution in [-0.2, 0) is 11.3 Å². The highest BCUT2D eigenvalue weighted by atomic mass is 32.2. The zero-order valence-corrected chi connectivity index (χ0v) is 15.6. The monoisotopic (exact) mass is 387 g/mol. The maximum Gasteiger partial charge on any atom is 0.233 e. The van der Waals surface area contributed by atoms with Crippen LogP contribution in [0.1, 0.15) is 12.5 Å². The fourth-order valence-electron chi connectivity index (χ4n) is 2.28. The Morgan fingerprint density at radius 3 is 2.59 bits per heavy atom. The fourth-order valence-corrected chi connectivity index (χ4v) is 3.12. The summed E-state index contributed by atoms with van der Waals surface area (Å²) in [5, 5.41) is 14.6. The number of halogens is 1. The third-order valence-corrected chi connectivity index (χ3v) is 4.82. The molecule has 0 radical (unpaired) electrons. The molecular weight excluding hydrogens is 369 g/mol. The highest BCUT2D eigenvalue weighted by Gasteiger charge is 2.19. The topological polar surface area (TPSA) is 81.9 Å². The van der Waals surface area contributed by atoms with E-state index in [0.29, 0.717) is 11.7 Å². The standard InChI is InChI=1S/C18H18FN5O2S/c1-12(17(25)20-11-13-3-5-14(19)6-4-13)27-18-21-22-23-24(18)15-7-9-16(26-2)10-8-15/h3-10,12H,11H2,1-2H3,(H,20,25). The van der Waals surface area contributed by atoms with Gasteiger partial charge in [-0.25, -0.2) is 4.39 Å². The van der Waals surface area contributed by atoms with Crippen LogP contribution in [0.4, 0.5) is 4.39 Å². The Hall–Kier alpha value is -2.94. The Balaban J connectivity index is 1.62. The summed E-state index contributed by atoms with van der Waals surface area (Å²) in [4.78, 5) is 12.3. The maximum atomic E-state index is 12.9. The zero-order chi connectivity index (χ0) is 19.2. The molecule has 3 aromatic rings. The lowest BCUT2D eigenvalue weighted by Crippen LogP contribution is -2.30. The van der Waals surface area contributed by atoms with Crippen LogP contribution in [0.5, 0.6) is 5.75 Å². The number of carbonyl (C=O) groups excluding carboxylic acids is 1. The number of hydrogen-bond donors (Lipinski definition) is 1. The average molecular weight is 387 g/mol. The molecule has 0 saturated carbocycles. The Kier molecular flexibility index (Phi) is 6.02. The zero-order valence-electron chi connectivity index (χ0n) is 14.8. The second-order valence-corrected chi connectivity index (χ2v) is 6.98. The van der Waals surface area contributed by atoms with Gasteiger partial charge in [-0.15, -0.1) is 5.10 Å². The number of nitrogens with one attached hydrogen (secondary N) is 1. The largest absolute Gasteiger partial charge is 0.497 e. The van der Waals surface area contributed by atoms with Gasteiger partial charge in [-0.2, -0.15) is 4.68 Å². The van der Waals surface area contributed by atoms with Crippen LogP contribution >= 0.6 is 11.8 Å². The summed E-state index contributed by atoms with van der Waals surface area (Å²) in [5.41, 5.74) is 1.59. The number of ether oxygens (including phenoxy) is 1. The summed E-state index contributed by atoms with van der Waals surface area (Å²) in [5.74, 6) is 0.266. The molecule has 0 fully saturated rings. The van der Waals surface area contributed by atoms with Crippen molar-refractivity contribution in [2.24, 2.45) is 0 Å². The van der Waals surface area contributed by atoms with E-state index in [9.17, 15) is 9.18 Å². The quantitative estimate of drug-likeness (QED) is 0.628. The molecule has 140 valence electrons. The Bertz CT molecular complexity index is 899. The number of nitrogens with zero attached hydrogens (tertiary/aromatic N) is 4. The first-order valence-corrected chi connectivity index (χ1v) is 9.06. The van der Waals surface area contributed by atoms with Crippen molar-refractivity contribution in [3.63, 3.8) is 0 Å². The van der Waals surface area contributed by atoms with Gasteiger partial charge in [0.2, 0.25) is 11.1 Å². The van der Waals surface area contributed by atoms with Crippen molar-refractivity contribution in [3.8, 4) is 11.4 Å². The summed E-state index contributed by atoms with van der Waals surface area (Å²) < 4.78 is 19.6. The minimum atomic E-state index is -0.409. The predicted octanol–water partition coefficient (Wildman–Crippen LogP) is 2.61. The molecule has 1 N–H and O–H groups in total. The van der Waals surface area contributed by atoms with E-state index < -0.39 is 5.25 Å². The molecule has 2 aromatic carbocycles. The molecule has 27 heavy (non-hydrogen) atoms. The normalized spacial score (nSPS) is 11.8. The van der Waals surface area contributed by atoms with Crippen molar-refractivity contribution in [2.45, 2.75) is 23.9 Å². The smallest absolute Gasteiger partial charge is 0.233 e. The number of hydrogen-bond acceptors (Lipinski definition) is 6. The van der Waals surface area contributed by atoms with Gasteiger partial charge in [-0.3, -0.25) is 4.79 Å². The molecular formula is C18H18FN5O2S. The molecule has 0 spiro atoms. The van der Waals surface area contributed by atoms with E-state index in [4.69, 9.17) is 4.74 Å². The van der Waals surface area contributed by atoms with Crippen molar-refractivity contribution in [1.29, 1.82) is 0 Å². The molecule has 1 heterocycles. The van der Waals surface area contributed by atoms with Crippen molar-refractivity contribution >= 4 is 17.7 Å². The van der Waals surface area contributed by atoms with E-state index in [1.807, 2.05) is 24.3 Å². The summed E-state index contributed by atoms with van der Waals surface area (Å²) >= 11 is 1.25. The molecule has 0 saturated heterocycles. The second kappa shape index (κ2) is 8.63. The van der Waals surface area contributed by atoms with Crippen molar-refractivity contribution in [1.82, 2.24) is 25.5 Å². The van der Waals surface area contributed by atoms with Crippen LogP contribution in [0.3, 0.4) is 0 Å². The number of rotatable bonds is 7. The first-order chi connectivity index (χ1) is 13.1. The van der Waals surface area contributed by atoms with Crippen LogP contribution in [0.15, 0.2) is 53.7 Å². The third-order valence-electron chi connectivity index (χ3n) is 3.79. The van der Waals surface area contributed by atoms with E-state index in [1.54, 1.807) is 30.8 Å². The molecule has 0 aliphatic rings. The van der Waals surface area contributed by atoms with Gasteiger partial charge in [0.1, 0.15) is 11.6 Å². The number of aromatic nitrogens is 4. The highest BCUT2D eigenvalue weighted by molar-refractivity contribution is 8.00. The van der Waals surface area contributed by atoms with E-state index >= 15 is 0 Å². The summed E-state index contributed by atoms with van der Waals surface area (Å²) in [6.07, 6.45) is 0. The predicted molar refractivity (Wildman–Crippen MR) is 99.3 cm³/mol. The molecule has 0 aliphatic heterocycles. The summed E-state index contributed by atoms with van der Waals surface area (Å²) in [6, 6.07) is 13.3. The van der Waals surface area contributed by atoms with Gasteiger partial charge in [-0.1, -0.05) is 23.9 Å². The van der Waals surface area contributed by atoms with E-state index in [-0.39, 0.29) is 11.7 Å². The van der Waals surface area contributed by atoms with Crippen LogP contribution in [0.25, 0.3) is 5.69 Å². The van der Waals surface area contributed by atoms with Gasteiger partial charge in [0.25, 0.3) is 0 Å². The molecule has 1 aromatic heterocycles. The lowest BCUT2D eigenvalue weighted by molar-refractivity contribution is -0.120. The van der Waals surface area contributed by atoms with Crippen molar-refractivity contribution in [2.75, 3.05) is 7.11 Å². The molecule has 7 nitrogen and oxygen atoms in total. The van der Waals surface area contributed by atoms with Gasteiger partial charge in [0.05, 0.1) is 18.0 Å². The third kappa shape index (κ3) is 4.82.